The smallest absolute Gasteiger partial charge is 0.305 e. The van der Waals surface area contributed by atoms with E-state index in [0.29, 0.717) is 13.0 Å². The van der Waals surface area contributed by atoms with Gasteiger partial charge >= 0.3 is 5.97 Å². The highest BCUT2D eigenvalue weighted by atomic mass is 16.5. The lowest BCUT2D eigenvalue weighted by molar-refractivity contribution is -0.143. The van der Waals surface area contributed by atoms with E-state index in [9.17, 15) is 4.79 Å². The average molecular weight is 313 g/mol. The van der Waals surface area contributed by atoms with E-state index < -0.39 is 0 Å². The van der Waals surface area contributed by atoms with Crippen molar-refractivity contribution >= 4 is 5.97 Å². The van der Waals surface area contributed by atoms with Gasteiger partial charge in [-0.3, -0.25) is 4.79 Å². The van der Waals surface area contributed by atoms with Crippen molar-refractivity contribution in [3.63, 3.8) is 0 Å². The Kier molecular flexibility index (Phi) is 16.4. The first kappa shape index (κ1) is 21.5. The largest absolute Gasteiger partial charge is 0.466 e. The molecule has 2 heteroatoms. The lowest BCUT2D eigenvalue weighted by Gasteiger charge is -2.17. The molecule has 0 radical (unpaired) electrons. The van der Waals surface area contributed by atoms with Gasteiger partial charge in [-0.05, 0) is 19.3 Å². The predicted octanol–water partition coefficient (Wildman–Crippen LogP) is 6.67. The van der Waals surface area contributed by atoms with Crippen LogP contribution in [0.25, 0.3) is 0 Å². The summed E-state index contributed by atoms with van der Waals surface area (Å²) in [5.41, 5.74) is 0. The Bertz CT molecular complexity index is 226. The maximum atomic E-state index is 11.4. The van der Waals surface area contributed by atoms with Crippen LogP contribution < -0.4 is 0 Å². The summed E-state index contributed by atoms with van der Waals surface area (Å²) in [6.07, 6.45) is 17.9. The highest BCUT2D eigenvalue weighted by Crippen LogP contribution is 2.24. The maximum absolute atomic E-state index is 11.4. The van der Waals surface area contributed by atoms with Crippen molar-refractivity contribution in [2.24, 2.45) is 5.92 Å². The molecule has 2 nitrogen and oxygen atoms in total. The monoisotopic (exact) mass is 312 g/mol. The van der Waals surface area contributed by atoms with Gasteiger partial charge in [0.25, 0.3) is 0 Å². The van der Waals surface area contributed by atoms with Crippen LogP contribution >= 0.6 is 0 Å². The summed E-state index contributed by atoms with van der Waals surface area (Å²) in [5, 5.41) is 0. The van der Waals surface area contributed by atoms with E-state index in [-0.39, 0.29) is 5.97 Å². The molecule has 0 aromatic heterocycles. The second kappa shape index (κ2) is 16.8. The summed E-state index contributed by atoms with van der Waals surface area (Å²) in [4.78, 5) is 11.4. The number of unbranched alkanes of at least 4 members (excludes halogenated alkanes) is 7. The van der Waals surface area contributed by atoms with Crippen LogP contribution in [0, 0.1) is 5.92 Å². The zero-order valence-electron chi connectivity index (χ0n) is 15.5. The quantitative estimate of drug-likeness (QED) is 0.235. The van der Waals surface area contributed by atoms with Crippen LogP contribution in [0.5, 0.6) is 0 Å². The van der Waals surface area contributed by atoms with Gasteiger partial charge in [0.15, 0.2) is 0 Å². The van der Waals surface area contributed by atoms with E-state index in [0.717, 1.165) is 12.3 Å². The van der Waals surface area contributed by atoms with E-state index in [1.807, 2.05) is 6.92 Å². The molecule has 0 aromatic carbocycles. The lowest BCUT2D eigenvalue weighted by atomic mass is 9.90. The van der Waals surface area contributed by atoms with Crippen molar-refractivity contribution < 1.29 is 9.53 Å². The molecule has 0 saturated carbocycles. The van der Waals surface area contributed by atoms with Crippen molar-refractivity contribution in [1.29, 1.82) is 0 Å². The number of carbonyl (C=O) groups is 1. The van der Waals surface area contributed by atoms with Gasteiger partial charge in [0.1, 0.15) is 0 Å². The molecule has 0 heterocycles. The summed E-state index contributed by atoms with van der Waals surface area (Å²) >= 11 is 0. The third kappa shape index (κ3) is 14.4. The van der Waals surface area contributed by atoms with Gasteiger partial charge in [0.05, 0.1) is 6.61 Å². The van der Waals surface area contributed by atoms with Crippen molar-refractivity contribution in [2.45, 2.75) is 111 Å². The Morgan fingerprint density at radius 1 is 0.727 bits per heavy atom. The van der Waals surface area contributed by atoms with E-state index in [2.05, 4.69) is 13.8 Å². The van der Waals surface area contributed by atoms with Crippen molar-refractivity contribution in [3.05, 3.63) is 0 Å². The molecule has 0 aliphatic heterocycles. The first-order valence-electron chi connectivity index (χ1n) is 9.90. The van der Waals surface area contributed by atoms with Crippen LogP contribution in [0.1, 0.15) is 111 Å². The van der Waals surface area contributed by atoms with Crippen LogP contribution in [0.3, 0.4) is 0 Å². The topological polar surface area (TPSA) is 26.3 Å². The molecule has 0 aromatic rings. The van der Waals surface area contributed by atoms with Crippen molar-refractivity contribution in [2.75, 3.05) is 6.61 Å². The first-order chi connectivity index (χ1) is 10.7. The van der Waals surface area contributed by atoms with Gasteiger partial charge in [0, 0.05) is 6.42 Å². The third-order valence-electron chi connectivity index (χ3n) is 4.48. The normalized spacial score (nSPS) is 11.1. The molecule has 22 heavy (non-hydrogen) atoms. The molecule has 0 saturated heterocycles. The second-order valence-electron chi connectivity index (χ2n) is 6.62. The second-order valence-corrected chi connectivity index (χ2v) is 6.62. The summed E-state index contributed by atoms with van der Waals surface area (Å²) in [6, 6.07) is 0. The first-order valence-corrected chi connectivity index (χ1v) is 9.90. The van der Waals surface area contributed by atoms with E-state index >= 15 is 0 Å². The number of rotatable bonds is 16. The minimum absolute atomic E-state index is 0.0232. The number of ether oxygens (including phenoxy) is 1. The van der Waals surface area contributed by atoms with Crippen molar-refractivity contribution in [1.82, 2.24) is 0 Å². The molecule has 0 amide bonds. The van der Waals surface area contributed by atoms with Crippen LogP contribution in [-0.2, 0) is 9.53 Å². The Morgan fingerprint density at radius 3 is 1.68 bits per heavy atom. The summed E-state index contributed by atoms with van der Waals surface area (Å²) in [7, 11) is 0. The maximum Gasteiger partial charge on any atom is 0.305 e. The van der Waals surface area contributed by atoms with Gasteiger partial charge in [-0.15, -0.1) is 0 Å². The van der Waals surface area contributed by atoms with E-state index in [1.54, 1.807) is 0 Å². The summed E-state index contributed by atoms with van der Waals surface area (Å²) in [6.45, 7) is 6.94. The van der Waals surface area contributed by atoms with E-state index in [1.165, 1.54) is 77.0 Å². The third-order valence-corrected chi connectivity index (χ3v) is 4.48. The summed E-state index contributed by atoms with van der Waals surface area (Å²) in [5.74, 6) is 0.862. The average Bonchev–Trinajstić information content (AvgIpc) is 2.51. The fraction of sp³-hybridized carbons (Fsp3) is 0.950. The van der Waals surface area contributed by atoms with Crippen molar-refractivity contribution in [3.8, 4) is 0 Å². The molecule has 0 aliphatic carbocycles. The molecular weight excluding hydrogens is 272 g/mol. The molecule has 0 bridgehead atoms. The van der Waals surface area contributed by atoms with Crippen LogP contribution in [0.2, 0.25) is 0 Å². The summed E-state index contributed by atoms with van der Waals surface area (Å²) < 4.78 is 4.99. The van der Waals surface area contributed by atoms with Gasteiger partial charge in [-0.1, -0.05) is 90.9 Å². The fourth-order valence-electron chi connectivity index (χ4n) is 3.09. The highest BCUT2D eigenvalue weighted by Gasteiger charge is 2.09. The Hall–Kier alpha value is -0.530. The number of esters is 1. The number of hydrogen-bond acceptors (Lipinski definition) is 2. The predicted molar refractivity (Wildman–Crippen MR) is 96.1 cm³/mol. The zero-order valence-corrected chi connectivity index (χ0v) is 15.5. The fourth-order valence-corrected chi connectivity index (χ4v) is 3.09. The number of carbonyl (C=O) groups excluding carboxylic acids is 1. The van der Waals surface area contributed by atoms with Gasteiger partial charge in [0.2, 0.25) is 0 Å². The van der Waals surface area contributed by atoms with Gasteiger partial charge in [-0.25, -0.2) is 0 Å². The minimum atomic E-state index is -0.0232. The molecule has 0 spiro atoms. The van der Waals surface area contributed by atoms with Gasteiger partial charge in [-0.2, -0.15) is 0 Å². The Morgan fingerprint density at radius 2 is 1.23 bits per heavy atom. The van der Waals surface area contributed by atoms with Crippen LogP contribution in [-0.4, -0.2) is 12.6 Å². The van der Waals surface area contributed by atoms with Crippen LogP contribution in [0.15, 0.2) is 0 Å². The Balaban J connectivity index is 3.81. The molecular formula is C20H40O2. The lowest BCUT2D eigenvalue weighted by Crippen LogP contribution is -2.05. The molecule has 0 N–H and O–H groups in total. The SMILES string of the molecule is CCCCCCC(CCCCCC)CCCCC(=O)OCC. The molecule has 0 aliphatic rings. The number of hydrogen-bond donors (Lipinski definition) is 0. The zero-order chi connectivity index (χ0) is 16.5. The molecule has 0 rings (SSSR count). The highest BCUT2D eigenvalue weighted by molar-refractivity contribution is 5.69. The minimum Gasteiger partial charge on any atom is -0.466 e. The Labute approximate surface area is 139 Å². The van der Waals surface area contributed by atoms with Gasteiger partial charge < -0.3 is 4.74 Å². The van der Waals surface area contributed by atoms with Crippen LogP contribution in [0.4, 0.5) is 0 Å². The van der Waals surface area contributed by atoms with E-state index in [4.69, 9.17) is 4.74 Å². The molecule has 0 atom stereocenters. The molecule has 132 valence electrons. The molecule has 0 fully saturated rings. The molecule has 0 unspecified atom stereocenters. The standard InChI is InChI=1S/C20H40O2/c1-4-7-9-11-15-19(16-12-10-8-5-2)17-13-14-18-20(21)22-6-3/h19H,4-18H2,1-3H3.